The van der Waals surface area contributed by atoms with Crippen molar-refractivity contribution in [3.05, 3.63) is 53.9 Å². The van der Waals surface area contributed by atoms with Crippen molar-refractivity contribution in [1.29, 1.82) is 0 Å². The summed E-state index contributed by atoms with van der Waals surface area (Å²) in [5.74, 6) is 0. The topological polar surface area (TPSA) is 39.1 Å². The molecule has 1 aliphatic rings. The Balaban J connectivity index is 1.54. The van der Waals surface area contributed by atoms with Gasteiger partial charge in [-0.2, -0.15) is 5.10 Å². The summed E-state index contributed by atoms with van der Waals surface area (Å²) in [6.45, 7) is 3.40. The van der Waals surface area contributed by atoms with Gasteiger partial charge in [0.25, 0.3) is 0 Å². The zero-order valence-corrected chi connectivity index (χ0v) is 11.0. The first kappa shape index (κ1) is 12.4. The Morgan fingerprint density at radius 1 is 1.26 bits per heavy atom. The van der Waals surface area contributed by atoms with E-state index in [1.165, 1.54) is 11.1 Å². The van der Waals surface area contributed by atoms with E-state index in [1.54, 1.807) is 0 Å². The van der Waals surface area contributed by atoms with Crippen LogP contribution in [-0.4, -0.2) is 29.0 Å². The third kappa shape index (κ3) is 3.43. The Bertz CT molecular complexity index is 503. The van der Waals surface area contributed by atoms with Gasteiger partial charge in [0, 0.05) is 31.0 Å². The van der Waals surface area contributed by atoms with Gasteiger partial charge in [-0.15, -0.1) is 0 Å². The summed E-state index contributed by atoms with van der Waals surface area (Å²) in [6, 6.07) is 10.9. The average Bonchev–Trinajstić information content (AvgIpc) is 3.09. The number of nitrogens with one attached hydrogen (secondary N) is 1. The SMILES string of the molecule is c1ccc(Cn2cc(CNC3CCOC3)cn2)cc1. The van der Waals surface area contributed by atoms with E-state index in [0.717, 1.165) is 32.7 Å². The molecule has 1 aliphatic heterocycles. The van der Waals surface area contributed by atoms with Crippen LogP contribution in [-0.2, 0) is 17.8 Å². The molecule has 1 aromatic carbocycles. The van der Waals surface area contributed by atoms with Crippen LogP contribution < -0.4 is 5.32 Å². The van der Waals surface area contributed by atoms with Gasteiger partial charge >= 0.3 is 0 Å². The maximum absolute atomic E-state index is 5.35. The van der Waals surface area contributed by atoms with E-state index in [9.17, 15) is 0 Å². The molecule has 3 rings (SSSR count). The number of rotatable bonds is 5. The molecular weight excluding hydrogens is 238 g/mol. The molecule has 1 atom stereocenters. The van der Waals surface area contributed by atoms with Crippen molar-refractivity contribution >= 4 is 0 Å². The van der Waals surface area contributed by atoms with Crippen molar-refractivity contribution in [1.82, 2.24) is 15.1 Å². The van der Waals surface area contributed by atoms with E-state index >= 15 is 0 Å². The van der Waals surface area contributed by atoms with Crippen molar-refractivity contribution in [2.45, 2.75) is 25.6 Å². The third-order valence-electron chi connectivity index (χ3n) is 3.40. The monoisotopic (exact) mass is 257 g/mol. The summed E-state index contributed by atoms with van der Waals surface area (Å²) < 4.78 is 7.33. The minimum absolute atomic E-state index is 0.498. The Morgan fingerprint density at radius 3 is 2.95 bits per heavy atom. The molecule has 2 aromatic rings. The summed E-state index contributed by atoms with van der Waals surface area (Å²) in [7, 11) is 0. The number of nitrogens with zero attached hydrogens (tertiary/aromatic N) is 2. The molecule has 0 amide bonds. The molecule has 0 aliphatic carbocycles. The molecule has 0 bridgehead atoms. The first-order valence-corrected chi connectivity index (χ1v) is 6.76. The van der Waals surface area contributed by atoms with Gasteiger partial charge in [0.1, 0.15) is 0 Å². The summed E-state index contributed by atoms with van der Waals surface area (Å²) in [4.78, 5) is 0. The molecule has 2 heterocycles. The number of benzene rings is 1. The lowest BCUT2D eigenvalue weighted by Crippen LogP contribution is -2.28. The molecular formula is C15H19N3O. The third-order valence-corrected chi connectivity index (χ3v) is 3.40. The molecule has 0 spiro atoms. The lowest BCUT2D eigenvalue weighted by molar-refractivity contribution is 0.190. The van der Waals surface area contributed by atoms with Gasteiger partial charge in [0.2, 0.25) is 0 Å². The highest BCUT2D eigenvalue weighted by molar-refractivity contribution is 5.15. The van der Waals surface area contributed by atoms with Crippen LogP contribution in [0.5, 0.6) is 0 Å². The van der Waals surface area contributed by atoms with E-state index in [1.807, 2.05) is 16.9 Å². The first-order chi connectivity index (χ1) is 9.40. The van der Waals surface area contributed by atoms with Crippen LogP contribution in [0.3, 0.4) is 0 Å². The molecule has 1 unspecified atom stereocenters. The fourth-order valence-corrected chi connectivity index (χ4v) is 2.31. The quantitative estimate of drug-likeness (QED) is 0.888. The van der Waals surface area contributed by atoms with Crippen LogP contribution in [0, 0.1) is 0 Å². The zero-order valence-electron chi connectivity index (χ0n) is 11.0. The van der Waals surface area contributed by atoms with E-state index in [4.69, 9.17) is 4.74 Å². The van der Waals surface area contributed by atoms with E-state index in [0.29, 0.717) is 6.04 Å². The minimum Gasteiger partial charge on any atom is -0.380 e. The molecule has 19 heavy (non-hydrogen) atoms. The lowest BCUT2D eigenvalue weighted by atomic mass is 10.2. The summed E-state index contributed by atoms with van der Waals surface area (Å²) >= 11 is 0. The van der Waals surface area contributed by atoms with Crippen molar-refractivity contribution in [2.24, 2.45) is 0 Å². The second-order valence-corrected chi connectivity index (χ2v) is 4.97. The fourth-order valence-electron chi connectivity index (χ4n) is 2.31. The Morgan fingerprint density at radius 2 is 2.16 bits per heavy atom. The Hall–Kier alpha value is -1.65. The lowest BCUT2D eigenvalue weighted by Gasteiger charge is -2.08. The summed E-state index contributed by atoms with van der Waals surface area (Å²) in [5.41, 5.74) is 2.50. The summed E-state index contributed by atoms with van der Waals surface area (Å²) in [5, 5.41) is 7.90. The van der Waals surface area contributed by atoms with Gasteiger partial charge in [-0.25, -0.2) is 0 Å². The highest BCUT2D eigenvalue weighted by Crippen LogP contribution is 2.07. The van der Waals surface area contributed by atoms with Crippen molar-refractivity contribution in [3.63, 3.8) is 0 Å². The molecule has 1 saturated heterocycles. The maximum atomic E-state index is 5.35. The summed E-state index contributed by atoms with van der Waals surface area (Å²) in [6.07, 6.45) is 5.15. The zero-order chi connectivity index (χ0) is 12.9. The van der Waals surface area contributed by atoms with Crippen LogP contribution in [0.1, 0.15) is 17.5 Å². The molecule has 1 aromatic heterocycles. The van der Waals surface area contributed by atoms with Crippen LogP contribution in [0.4, 0.5) is 0 Å². The van der Waals surface area contributed by atoms with Crippen LogP contribution >= 0.6 is 0 Å². The van der Waals surface area contributed by atoms with Gasteiger partial charge in [0.05, 0.1) is 19.3 Å². The average molecular weight is 257 g/mol. The molecule has 0 saturated carbocycles. The van der Waals surface area contributed by atoms with E-state index in [-0.39, 0.29) is 0 Å². The molecule has 1 fully saturated rings. The minimum atomic E-state index is 0.498. The molecule has 100 valence electrons. The largest absolute Gasteiger partial charge is 0.380 e. The fraction of sp³-hybridized carbons (Fsp3) is 0.400. The van der Waals surface area contributed by atoms with Crippen LogP contribution in [0.2, 0.25) is 0 Å². The van der Waals surface area contributed by atoms with E-state index in [2.05, 4.69) is 40.9 Å². The van der Waals surface area contributed by atoms with E-state index < -0.39 is 0 Å². The highest BCUT2D eigenvalue weighted by atomic mass is 16.5. The van der Waals surface area contributed by atoms with Gasteiger partial charge < -0.3 is 10.1 Å². The molecule has 4 heteroatoms. The molecule has 1 N–H and O–H groups in total. The normalized spacial score (nSPS) is 18.8. The number of hydrogen-bond acceptors (Lipinski definition) is 3. The second kappa shape index (κ2) is 5.99. The second-order valence-electron chi connectivity index (χ2n) is 4.97. The maximum Gasteiger partial charge on any atom is 0.0659 e. The van der Waals surface area contributed by atoms with Gasteiger partial charge in [0.15, 0.2) is 0 Å². The Labute approximate surface area is 113 Å². The van der Waals surface area contributed by atoms with Crippen LogP contribution in [0.25, 0.3) is 0 Å². The highest BCUT2D eigenvalue weighted by Gasteiger charge is 2.14. The smallest absolute Gasteiger partial charge is 0.0659 e. The van der Waals surface area contributed by atoms with Crippen molar-refractivity contribution in [3.8, 4) is 0 Å². The van der Waals surface area contributed by atoms with Gasteiger partial charge in [-0.05, 0) is 12.0 Å². The number of aromatic nitrogens is 2. The predicted octanol–water partition coefficient (Wildman–Crippen LogP) is 1.81. The Kier molecular flexibility index (Phi) is 3.91. The van der Waals surface area contributed by atoms with Crippen LogP contribution in [0.15, 0.2) is 42.7 Å². The van der Waals surface area contributed by atoms with Crippen molar-refractivity contribution < 1.29 is 4.74 Å². The molecule has 0 radical (unpaired) electrons. The van der Waals surface area contributed by atoms with Gasteiger partial charge in [-0.1, -0.05) is 30.3 Å². The standard InChI is InChI=1S/C15H19N3O/c1-2-4-13(5-3-1)10-18-11-14(9-17-18)8-16-15-6-7-19-12-15/h1-5,9,11,15-16H,6-8,10,12H2. The predicted molar refractivity (Wildman–Crippen MR) is 73.8 cm³/mol. The molecule has 4 nitrogen and oxygen atoms in total. The van der Waals surface area contributed by atoms with Crippen molar-refractivity contribution in [2.75, 3.05) is 13.2 Å². The number of hydrogen-bond donors (Lipinski definition) is 1. The number of ether oxygens (including phenoxy) is 1. The van der Waals surface area contributed by atoms with Gasteiger partial charge in [-0.3, -0.25) is 4.68 Å². The first-order valence-electron chi connectivity index (χ1n) is 6.76.